The molecule has 0 aliphatic carbocycles. The van der Waals surface area contributed by atoms with Crippen LogP contribution in [0.1, 0.15) is 38.1 Å². The number of ether oxygens (including phenoxy) is 1. The van der Waals surface area contributed by atoms with Gasteiger partial charge in [0.15, 0.2) is 0 Å². The summed E-state index contributed by atoms with van der Waals surface area (Å²) in [4.78, 5) is 15.0. The molecule has 1 aromatic carbocycles. The molecule has 1 amide bonds. The van der Waals surface area contributed by atoms with Gasteiger partial charge in [-0.1, -0.05) is 6.07 Å². The van der Waals surface area contributed by atoms with Crippen LogP contribution in [-0.4, -0.2) is 75.0 Å². The second-order valence-electron chi connectivity index (χ2n) is 7.97. The zero-order valence-corrected chi connectivity index (χ0v) is 17.8. The van der Waals surface area contributed by atoms with Gasteiger partial charge in [0.2, 0.25) is 10.0 Å². The van der Waals surface area contributed by atoms with Crippen LogP contribution in [0.15, 0.2) is 29.2 Å². The summed E-state index contributed by atoms with van der Waals surface area (Å²) in [6.07, 6.45) is 0.299. The molecule has 8 heteroatoms. The molecule has 7 nitrogen and oxygen atoms in total. The van der Waals surface area contributed by atoms with Crippen molar-refractivity contribution in [2.75, 3.05) is 33.7 Å². The maximum absolute atomic E-state index is 12.6. The molecule has 1 aliphatic heterocycles. The molecule has 0 saturated carbocycles. The van der Waals surface area contributed by atoms with Crippen molar-refractivity contribution in [2.24, 2.45) is 0 Å². The third-order valence-corrected chi connectivity index (χ3v) is 6.64. The molecule has 0 unspecified atom stereocenters. The van der Waals surface area contributed by atoms with E-state index in [0.29, 0.717) is 12.1 Å². The number of benzene rings is 1. The molecule has 0 bridgehead atoms. The minimum atomic E-state index is -3.57. The summed E-state index contributed by atoms with van der Waals surface area (Å²) in [5.74, 6) is -0.284. The van der Waals surface area contributed by atoms with Gasteiger partial charge in [0, 0.05) is 44.8 Å². The Balaban J connectivity index is 2.07. The highest BCUT2D eigenvalue weighted by Gasteiger charge is 2.33. The number of amides is 1. The Hall–Kier alpha value is -1.48. The van der Waals surface area contributed by atoms with Crippen molar-refractivity contribution in [3.8, 4) is 0 Å². The molecule has 1 N–H and O–H groups in total. The van der Waals surface area contributed by atoms with E-state index in [0.717, 1.165) is 17.4 Å². The Morgan fingerprint density at radius 2 is 1.85 bits per heavy atom. The number of nitrogens with one attached hydrogen (secondary N) is 1. The first-order valence-corrected chi connectivity index (χ1v) is 10.6. The summed E-state index contributed by atoms with van der Waals surface area (Å²) in [6, 6.07) is 6.11. The number of rotatable bonds is 6. The van der Waals surface area contributed by atoms with Gasteiger partial charge in [0.05, 0.1) is 17.1 Å². The van der Waals surface area contributed by atoms with Gasteiger partial charge < -0.3 is 10.1 Å². The van der Waals surface area contributed by atoms with Crippen molar-refractivity contribution in [1.29, 1.82) is 0 Å². The van der Waals surface area contributed by atoms with E-state index >= 15 is 0 Å². The Kier molecular flexibility index (Phi) is 6.68. The summed E-state index contributed by atoms with van der Waals surface area (Å²) < 4.78 is 31.4. The van der Waals surface area contributed by atoms with E-state index in [4.69, 9.17) is 4.74 Å². The Bertz CT molecular complexity index is 767. The lowest BCUT2D eigenvalue weighted by atomic mass is 10.00. The zero-order chi connectivity index (χ0) is 20.4. The molecule has 0 aromatic heterocycles. The van der Waals surface area contributed by atoms with Crippen LogP contribution in [0.2, 0.25) is 0 Å². The zero-order valence-electron chi connectivity index (χ0n) is 17.0. The van der Waals surface area contributed by atoms with Crippen LogP contribution in [0.25, 0.3) is 0 Å². The molecule has 152 valence electrons. The molecule has 1 aromatic rings. The van der Waals surface area contributed by atoms with Crippen molar-refractivity contribution in [3.63, 3.8) is 0 Å². The lowest BCUT2D eigenvalue weighted by molar-refractivity contribution is -0.0948. The fourth-order valence-corrected chi connectivity index (χ4v) is 4.14. The molecule has 0 spiro atoms. The molecule has 1 fully saturated rings. The largest absolute Gasteiger partial charge is 0.373 e. The highest BCUT2D eigenvalue weighted by atomic mass is 32.2. The fraction of sp³-hybridized carbons (Fsp3) is 0.632. The molecular weight excluding hydrogens is 366 g/mol. The lowest BCUT2D eigenvalue weighted by Gasteiger charge is -2.45. The molecule has 1 heterocycles. The van der Waals surface area contributed by atoms with Gasteiger partial charge in [0.25, 0.3) is 5.91 Å². The third-order valence-electron chi connectivity index (χ3n) is 4.83. The number of hydrogen-bond donors (Lipinski definition) is 1. The molecule has 2 rings (SSSR count). The van der Waals surface area contributed by atoms with Gasteiger partial charge in [-0.3, -0.25) is 9.69 Å². The van der Waals surface area contributed by atoms with Crippen molar-refractivity contribution in [2.45, 2.75) is 50.3 Å². The van der Waals surface area contributed by atoms with E-state index in [1.807, 2.05) is 13.8 Å². The first-order chi connectivity index (χ1) is 12.4. The van der Waals surface area contributed by atoms with Crippen molar-refractivity contribution < 1.29 is 17.9 Å². The van der Waals surface area contributed by atoms with Crippen LogP contribution < -0.4 is 5.32 Å². The number of hydrogen-bond acceptors (Lipinski definition) is 5. The van der Waals surface area contributed by atoms with Gasteiger partial charge in [-0.15, -0.1) is 0 Å². The number of carbonyl (C=O) groups excluding carboxylic acids is 1. The van der Waals surface area contributed by atoms with E-state index in [-0.39, 0.29) is 28.5 Å². The summed E-state index contributed by atoms with van der Waals surface area (Å²) in [6.45, 7) is 10.3. The van der Waals surface area contributed by atoms with Crippen molar-refractivity contribution in [1.82, 2.24) is 14.5 Å². The van der Waals surface area contributed by atoms with Gasteiger partial charge in [-0.25, -0.2) is 12.7 Å². The lowest BCUT2D eigenvalue weighted by Crippen LogP contribution is -2.58. The smallest absolute Gasteiger partial charge is 0.251 e. The van der Waals surface area contributed by atoms with Gasteiger partial charge in [-0.2, -0.15) is 0 Å². The van der Waals surface area contributed by atoms with Crippen LogP contribution >= 0.6 is 0 Å². The van der Waals surface area contributed by atoms with Crippen LogP contribution in [0.3, 0.4) is 0 Å². The number of sulfonamides is 1. The van der Waals surface area contributed by atoms with Gasteiger partial charge in [-0.05, 0) is 45.9 Å². The monoisotopic (exact) mass is 397 g/mol. The van der Waals surface area contributed by atoms with E-state index in [1.165, 1.54) is 26.2 Å². The van der Waals surface area contributed by atoms with Crippen LogP contribution in [0.4, 0.5) is 0 Å². The SMILES string of the molecule is C[C@H]1CN(C(C)(C)CNC(=O)c2cccc(S(=O)(=O)N(C)C)c2)C[C@H](C)O1. The standard InChI is InChI=1S/C19H31N3O4S/c1-14-11-22(12-15(2)26-14)19(3,4)13-20-18(23)16-8-7-9-17(10-16)27(24,25)21(5)6/h7-10,14-15H,11-13H2,1-6H3,(H,20,23)/t14-,15-/m0/s1. The summed E-state index contributed by atoms with van der Waals surface area (Å²) >= 11 is 0. The second-order valence-corrected chi connectivity index (χ2v) is 10.1. The minimum absolute atomic E-state index is 0.107. The molecule has 0 radical (unpaired) electrons. The fourth-order valence-electron chi connectivity index (χ4n) is 3.19. The van der Waals surface area contributed by atoms with Crippen LogP contribution in [0, 0.1) is 0 Å². The Morgan fingerprint density at radius 3 is 2.41 bits per heavy atom. The van der Waals surface area contributed by atoms with Crippen molar-refractivity contribution in [3.05, 3.63) is 29.8 Å². The van der Waals surface area contributed by atoms with Crippen LogP contribution in [-0.2, 0) is 14.8 Å². The number of carbonyl (C=O) groups is 1. The van der Waals surface area contributed by atoms with E-state index in [2.05, 4.69) is 24.1 Å². The summed E-state index contributed by atoms with van der Waals surface area (Å²) in [5.41, 5.74) is 0.0902. The predicted molar refractivity (Wildman–Crippen MR) is 105 cm³/mol. The minimum Gasteiger partial charge on any atom is -0.373 e. The van der Waals surface area contributed by atoms with Crippen molar-refractivity contribution >= 4 is 15.9 Å². The molecular formula is C19H31N3O4S. The quantitative estimate of drug-likeness (QED) is 0.788. The molecule has 27 heavy (non-hydrogen) atoms. The molecule has 2 atom stereocenters. The third kappa shape index (κ3) is 5.28. The maximum Gasteiger partial charge on any atom is 0.251 e. The van der Waals surface area contributed by atoms with E-state index in [1.54, 1.807) is 12.1 Å². The van der Waals surface area contributed by atoms with E-state index in [9.17, 15) is 13.2 Å². The Labute approximate surface area is 162 Å². The average molecular weight is 398 g/mol. The van der Waals surface area contributed by atoms with Gasteiger partial charge >= 0.3 is 0 Å². The first-order valence-electron chi connectivity index (χ1n) is 9.15. The number of morpholine rings is 1. The normalized spacial score (nSPS) is 22.0. The number of nitrogens with zero attached hydrogens (tertiary/aromatic N) is 2. The van der Waals surface area contributed by atoms with Gasteiger partial charge in [0.1, 0.15) is 0 Å². The van der Waals surface area contributed by atoms with Crippen LogP contribution in [0.5, 0.6) is 0 Å². The topological polar surface area (TPSA) is 79.0 Å². The second kappa shape index (κ2) is 8.26. The molecule has 1 saturated heterocycles. The first kappa shape index (κ1) is 21.8. The maximum atomic E-state index is 12.6. The van der Waals surface area contributed by atoms with E-state index < -0.39 is 10.0 Å². The Morgan fingerprint density at radius 1 is 1.26 bits per heavy atom. The predicted octanol–water partition coefficient (Wildman–Crippen LogP) is 1.55. The summed E-state index contributed by atoms with van der Waals surface area (Å²) in [5, 5.41) is 2.94. The highest BCUT2D eigenvalue weighted by Crippen LogP contribution is 2.21. The molecule has 1 aliphatic rings. The summed E-state index contributed by atoms with van der Waals surface area (Å²) in [7, 11) is -0.640. The average Bonchev–Trinajstić information content (AvgIpc) is 2.59. The highest BCUT2D eigenvalue weighted by molar-refractivity contribution is 7.89.